The zero-order valence-corrected chi connectivity index (χ0v) is 9.91. The van der Waals surface area contributed by atoms with Crippen molar-refractivity contribution < 1.29 is 27.5 Å². The molecule has 0 fully saturated rings. The Hall–Kier alpha value is -2.37. The highest BCUT2D eigenvalue weighted by Crippen LogP contribution is 2.35. The lowest BCUT2D eigenvalue weighted by molar-refractivity contribution is -0.138. The van der Waals surface area contributed by atoms with Crippen molar-refractivity contribution in [3.05, 3.63) is 59.4 Å². The predicted octanol–water partition coefficient (Wildman–Crippen LogP) is 4.21. The van der Waals surface area contributed by atoms with E-state index in [1.165, 1.54) is 24.3 Å². The number of benzene rings is 2. The quantitative estimate of drug-likeness (QED) is 0.839. The molecule has 0 aliphatic heterocycles. The summed E-state index contributed by atoms with van der Waals surface area (Å²) in [5, 5.41) is 8.77. The number of hydrogen-bond acceptors (Lipinski definition) is 1. The molecule has 20 heavy (non-hydrogen) atoms. The molecule has 0 aliphatic carbocycles. The Morgan fingerprint density at radius 2 is 1.65 bits per heavy atom. The molecule has 0 radical (unpaired) electrons. The first-order chi connectivity index (χ1) is 9.29. The average Bonchev–Trinajstić information content (AvgIpc) is 2.37. The smallest absolute Gasteiger partial charge is 0.417 e. The monoisotopic (exact) mass is 284 g/mol. The van der Waals surface area contributed by atoms with Crippen molar-refractivity contribution in [1.29, 1.82) is 0 Å². The van der Waals surface area contributed by atoms with Gasteiger partial charge < -0.3 is 5.11 Å². The van der Waals surface area contributed by atoms with Gasteiger partial charge in [0.05, 0.1) is 11.1 Å². The molecule has 0 spiro atoms. The fourth-order valence-corrected chi connectivity index (χ4v) is 1.81. The number of hydrogen-bond donors (Lipinski definition) is 1. The van der Waals surface area contributed by atoms with Crippen LogP contribution < -0.4 is 0 Å². The van der Waals surface area contributed by atoms with E-state index in [2.05, 4.69) is 0 Å². The molecule has 0 saturated carbocycles. The third kappa shape index (κ3) is 2.79. The van der Waals surface area contributed by atoms with Crippen LogP contribution in [0.2, 0.25) is 0 Å². The molecule has 0 aliphatic rings. The number of alkyl halides is 3. The second-order valence-electron chi connectivity index (χ2n) is 4.07. The Bertz CT molecular complexity index is 662. The van der Waals surface area contributed by atoms with Crippen molar-refractivity contribution in [1.82, 2.24) is 0 Å². The summed E-state index contributed by atoms with van der Waals surface area (Å²) < 4.78 is 51.6. The van der Waals surface area contributed by atoms with E-state index >= 15 is 0 Å². The summed E-state index contributed by atoms with van der Waals surface area (Å²) in [5.74, 6) is -2.25. The Morgan fingerprint density at radius 1 is 1.00 bits per heavy atom. The molecule has 0 atom stereocenters. The van der Waals surface area contributed by atoms with Crippen LogP contribution in [-0.2, 0) is 6.18 Å². The number of carbonyl (C=O) groups is 1. The van der Waals surface area contributed by atoms with Gasteiger partial charge in [-0.1, -0.05) is 18.2 Å². The molecule has 0 heterocycles. The molecule has 0 unspecified atom stereocenters. The van der Waals surface area contributed by atoms with E-state index in [4.69, 9.17) is 5.11 Å². The molecule has 2 aromatic carbocycles. The summed E-state index contributed by atoms with van der Waals surface area (Å²) >= 11 is 0. The van der Waals surface area contributed by atoms with E-state index in [0.717, 1.165) is 12.1 Å². The van der Waals surface area contributed by atoms with Crippen LogP contribution in [0.3, 0.4) is 0 Å². The van der Waals surface area contributed by atoms with Crippen LogP contribution in [0, 0.1) is 5.82 Å². The van der Waals surface area contributed by atoms with Crippen molar-refractivity contribution in [3.8, 4) is 11.1 Å². The number of aromatic carboxylic acids is 1. The molecule has 2 nitrogen and oxygen atoms in total. The molecule has 2 rings (SSSR count). The maximum atomic E-state index is 13.1. The largest absolute Gasteiger partial charge is 0.478 e. The summed E-state index contributed by atoms with van der Waals surface area (Å²) in [4.78, 5) is 10.8. The first kappa shape index (κ1) is 14.0. The van der Waals surface area contributed by atoms with E-state index in [1.807, 2.05) is 0 Å². The zero-order chi connectivity index (χ0) is 14.9. The summed E-state index contributed by atoms with van der Waals surface area (Å²) in [7, 11) is 0. The maximum absolute atomic E-state index is 13.1. The van der Waals surface area contributed by atoms with Crippen LogP contribution in [0.15, 0.2) is 42.5 Å². The lowest BCUT2D eigenvalue weighted by Crippen LogP contribution is -2.13. The van der Waals surface area contributed by atoms with Crippen LogP contribution in [0.25, 0.3) is 11.1 Å². The summed E-state index contributed by atoms with van der Waals surface area (Å²) in [6.07, 6.45) is -4.79. The molecule has 0 amide bonds. The number of halogens is 4. The first-order valence-electron chi connectivity index (χ1n) is 5.49. The highest BCUT2D eigenvalue weighted by Gasteiger charge is 2.35. The van der Waals surface area contributed by atoms with Gasteiger partial charge >= 0.3 is 12.1 Å². The summed E-state index contributed by atoms with van der Waals surface area (Å²) in [5.41, 5.74) is -1.75. The Kier molecular flexibility index (Phi) is 3.48. The minimum Gasteiger partial charge on any atom is -0.478 e. The molecule has 0 saturated heterocycles. The van der Waals surface area contributed by atoms with E-state index in [9.17, 15) is 22.4 Å². The molecule has 6 heteroatoms. The van der Waals surface area contributed by atoms with Crippen molar-refractivity contribution >= 4 is 5.97 Å². The van der Waals surface area contributed by atoms with Gasteiger partial charge in [0.1, 0.15) is 5.82 Å². The van der Waals surface area contributed by atoms with Gasteiger partial charge in [-0.05, 0) is 35.4 Å². The standard InChI is InChI=1S/C14H8F4O2/c15-10-3-1-2-8(6-10)9-4-5-11(13(19)20)12(7-9)14(16,17)18/h1-7H,(H,19,20). The molecular formula is C14H8F4O2. The lowest BCUT2D eigenvalue weighted by atomic mass is 9.98. The van der Waals surface area contributed by atoms with Crippen molar-refractivity contribution in [2.24, 2.45) is 0 Å². The maximum Gasteiger partial charge on any atom is 0.417 e. The van der Waals surface area contributed by atoms with Crippen LogP contribution in [0.1, 0.15) is 15.9 Å². The highest BCUT2D eigenvalue weighted by molar-refractivity contribution is 5.90. The van der Waals surface area contributed by atoms with Crippen molar-refractivity contribution in [3.63, 3.8) is 0 Å². The molecule has 0 aromatic heterocycles. The second kappa shape index (κ2) is 4.96. The number of rotatable bonds is 2. The third-order valence-electron chi connectivity index (χ3n) is 2.71. The van der Waals surface area contributed by atoms with E-state index in [1.54, 1.807) is 0 Å². The van der Waals surface area contributed by atoms with Gasteiger partial charge in [-0.25, -0.2) is 9.18 Å². The van der Waals surface area contributed by atoms with E-state index < -0.39 is 29.1 Å². The van der Waals surface area contributed by atoms with Gasteiger partial charge in [-0.3, -0.25) is 0 Å². The van der Waals surface area contributed by atoms with Gasteiger partial charge in [-0.15, -0.1) is 0 Å². The van der Waals surface area contributed by atoms with Gasteiger partial charge in [0.15, 0.2) is 0 Å². The SMILES string of the molecule is O=C(O)c1ccc(-c2cccc(F)c2)cc1C(F)(F)F. The van der Waals surface area contributed by atoms with Crippen LogP contribution in [0.4, 0.5) is 17.6 Å². The van der Waals surface area contributed by atoms with Crippen LogP contribution in [0.5, 0.6) is 0 Å². The van der Waals surface area contributed by atoms with Crippen molar-refractivity contribution in [2.75, 3.05) is 0 Å². The summed E-state index contributed by atoms with van der Waals surface area (Å²) in [6, 6.07) is 7.84. The third-order valence-corrected chi connectivity index (χ3v) is 2.71. The highest BCUT2D eigenvalue weighted by atomic mass is 19.4. The van der Waals surface area contributed by atoms with Crippen LogP contribution >= 0.6 is 0 Å². The zero-order valence-electron chi connectivity index (χ0n) is 9.91. The molecule has 104 valence electrons. The van der Waals surface area contributed by atoms with Crippen molar-refractivity contribution in [2.45, 2.75) is 6.18 Å². The average molecular weight is 284 g/mol. The minimum atomic E-state index is -4.79. The summed E-state index contributed by atoms with van der Waals surface area (Å²) in [6.45, 7) is 0. The fourth-order valence-electron chi connectivity index (χ4n) is 1.81. The fraction of sp³-hybridized carbons (Fsp3) is 0.0714. The van der Waals surface area contributed by atoms with E-state index in [-0.39, 0.29) is 11.1 Å². The van der Waals surface area contributed by atoms with Gasteiger partial charge in [0.2, 0.25) is 0 Å². The Balaban J connectivity index is 2.61. The van der Waals surface area contributed by atoms with Gasteiger partial charge in [0, 0.05) is 0 Å². The van der Waals surface area contributed by atoms with Crippen LogP contribution in [-0.4, -0.2) is 11.1 Å². The molecule has 0 bridgehead atoms. The topological polar surface area (TPSA) is 37.3 Å². The minimum absolute atomic E-state index is 0.0989. The number of carboxylic acid groups (broad SMARTS) is 1. The van der Waals surface area contributed by atoms with Gasteiger partial charge in [-0.2, -0.15) is 13.2 Å². The Labute approximate surface area is 111 Å². The number of carboxylic acids is 1. The van der Waals surface area contributed by atoms with E-state index in [0.29, 0.717) is 6.07 Å². The molecular weight excluding hydrogens is 276 g/mol. The molecule has 1 N–H and O–H groups in total. The molecule has 2 aromatic rings. The normalized spacial score (nSPS) is 11.4. The first-order valence-corrected chi connectivity index (χ1v) is 5.49. The predicted molar refractivity (Wildman–Crippen MR) is 63.8 cm³/mol. The second-order valence-corrected chi connectivity index (χ2v) is 4.07. The van der Waals surface area contributed by atoms with Gasteiger partial charge in [0.25, 0.3) is 0 Å². The lowest BCUT2D eigenvalue weighted by Gasteiger charge is -2.12. The Morgan fingerprint density at radius 3 is 2.20 bits per heavy atom.